The molecule has 3 N–H and O–H groups in total. The average Bonchev–Trinajstić information content (AvgIpc) is 2.72. The molecule has 2 aromatic rings. The molecule has 0 aliphatic carbocycles. The lowest BCUT2D eigenvalue weighted by Gasteiger charge is -2.24. The summed E-state index contributed by atoms with van der Waals surface area (Å²) in [5.74, 6) is 0.640. The van der Waals surface area contributed by atoms with Crippen LogP contribution in [0.15, 0.2) is 30.5 Å². The van der Waals surface area contributed by atoms with Gasteiger partial charge in [-0.15, -0.1) is 0 Å². The van der Waals surface area contributed by atoms with E-state index < -0.39 is 15.3 Å². The van der Waals surface area contributed by atoms with Gasteiger partial charge in [0.05, 0.1) is 11.9 Å². The van der Waals surface area contributed by atoms with Gasteiger partial charge in [-0.05, 0) is 11.1 Å². The highest BCUT2D eigenvalue weighted by molar-refractivity contribution is 7.90. The number of nitrogen functional groups attached to an aromatic ring is 1. The number of hydrogen-bond acceptors (Lipinski definition) is 4. The highest BCUT2D eigenvalue weighted by Crippen LogP contribution is 2.29. The smallest absolute Gasteiger partial charge is 0.148 e. The van der Waals surface area contributed by atoms with E-state index in [9.17, 15) is 8.42 Å². The molecule has 1 heterocycles. The van der Waals surface area contributed by atoms with E-state index in [2.05, 4.69) is 10.2 Å². The Bertz CT molecular complexity index is 700. The number of hydrogen-bond donors (Lipinski definition) is 2. The Balaban J connectivity index is 2.31. The van der Waals surface area contributed by atoms with Gasteiger partial charge in [0.15, 0.2) is 0 Å². The van der Waals surface area contributed by atoms with Crippen molar-refractivity contribution in [3.63, 3.8) is 0 Å². The van der Waals surface area contributed by atoms with Crippen LogP contribution in [0.1, 0.15) is 19.4 Å². The standard InChI is InChI=1S/C14H19N3O2S/c1-14(2,9-20(3,18)19)11-6-4-10(5-7-11)12-8-16-17-13(12)15/h4-8H,9H2,1-3H3,(H3,15,16,17). The summed E-state index contributed by atoms with van der Waals surface area (Å²) < 4.78 is 23.0. The number of sulfone groups is 1. The van der Waals surface area contributed by atoms with Crippen molar-refractivity contribution in [3.05, 3.63) is 36.0 Å². The van der Waals surface area contributed by atoms with Crippen LogP contribution in [-0.4, -0.2) is 30.6 Å². The molecule has 0 atom stereocenters. The molecule has 6 heteroatoms. The van der Waals surface area contributed by atoms with E-state index in [0.717, 1.165) is 16.7 Å². The maximum Gasteiger partial charge on any atom is 0.148 e. The second-order valence-corrected chi connectivity index (χ2v) is 7.87. The third-order valence-electron chi connectivity index (χ3n) is 3.27. The van der Waals surface area contributed by atoms with E-state index in [4.69, 9.17) is 5.73 Å². The van der Waals surface area contributed by atoms with Gasteiger partial charge in [0, 0.05) is 17.2 Å². The van der Waals surface area contributed by atoms with Crippen molar-refractivity contribution < 1.29 is 8.42 Å². The number of H-pyrrole nitrogens is 1. The first-order valence-corrected chi connectivity index (χ1v) is 8.32. The van der Waals surface area contributed by atoms with Crippen LogP contribution in [0, 0.1) is 0 Å². The third-order valence-corrected chi connectivity index (χ3v) is 4.52. The Morgan fingerprint density at radius 1 is 1.25 bits per heavy atom. The zero-order chi connectivity index (χ0) is 15.0. The monoisotopic (exact) mass is 293 g/mol. The molecule has 0 saturated carbocycles. The van der Waals surface area contributed by atoms with Crippen molar-refractivity contribution in [2.45, 2.75) is 19.3 Å². The van der Waals surface area contributed by atoms with E-state index in [1.807, 2.05) is 38.1 Å². The second kappa shape index (κ2) is 4.94. The highest BCUT2D eigenvalue weighted by Gasteiger charge is 2.25. The van der Waals surface area contributed by atoms with Gasteiger partial charge in [0.25, 0.3) is 0 Å². The van der Waals surface area contributed by atoms with Crippen molar-refractivity contribution in [2.24, 2.45) is 0 Å². The molecule has 0 amide bonds. The Labute approximate surface area is 119 Å². The van der Waals surface area contributed by atoms with Gasteiger partial charge in [-0.25, -0.2) is 8.42 Å². The van der Waals surface area contributed by atoms with Crippen LogP contribution in [0.3, 0.4) is 0 Å². The van der Waals surface area contributed by atoms with Crippen LogP contribution < -0.4 is 5.73 Å². The summed E-state index contributed by atoms with van der Waals surface area (Å²) in [5.41, 5.74) is 8.14. The lowest BCUT2D eigenvalue weighted by atomic mass is 9.86. The zero-order valence-corrected chi connectivity index (χ0v) is 12.7. The number of rotatable bonds is 4. The topological polar surface area (TPSA) is 88.8 Å². The van der Waals surface area contributed by atoms with Gasteiger partial charge in [-0.1, -0.05) is 38.1 Å². The molecule has 5 nitrogen and oxygen atoms in total. The molecule has 0 saturated heterocycles. The number of aromatic amines is 1. The fourth-order valence-electron chi connectivity index (χ4n) is 2.37. The Morgan fingerprint density at radius 2 is 1.85 bits per heavy atom. The van der Waals surface area contributed by atoms with Crippen LogP contribution >= 0.6 is 0 Å². The molecule has 0 radical (unpaired) electrons. The van der Waals surface area contributed by atoms with E-state index in [1.165, 1.54) is 6.26 Å². The van der Waals surface area contributed by atoms with Crippen molar-refractivity contribution >= 4 is 15.7 Å². The molecule has 0 fully saturated rings. The predicted octanol–water partition coefficient (Wildman–Crippen LogP) is 1.98. The first kappa shape index (κ1) is 14.6. The normalized spacial score (nSPS) is 12.6. The summed E-state index contributed by atoms with van der Waals surface area (Å²) in [6, 6.07) is 7.74. The van der Waals surface area contributed by atoms with E-state index in [-0.39, 0.29) is 5.75 Å². The lowest BCUT2D eigenvalue weighted by Crippen LogP contribution is -2.27. The van der Waals surface area contributed by atoms with Crippen LogP contribution in [0.25, 0.3) is 11.1 Å². The summed E-state index contributed by atoms with van der Waals surface area (Å²) in [7, 11) is -3.03. The summed E-state index contributed by atoms with van der Waals surface area (Å²) in [5, 5.41) is 6.58. The Kier molecular flexibility index (Phi) is 3.60. The molecule has 0 bridgehead atoms. The van der Waals surface area contributed by atoms with E-state index in [1.54, 1.807) is 6.20 Å². The minimum atomic E-state index is -3.03. The number of nitrogens with one attached hydrogen (secondary N) is 1. The quantitative estimate of drug-likeness (QED) is 0.902. The maximum absolute atomic E-state index is 11.5. The van der Waals surface area contributed by atoms with Gasteiger partial charge < -0.3 is 5.73 Å². The summed E-state index contributed by atoms with van der Waals surface area (Å²) in [6.45, 7) is 3.85. The van der Waals surface area contributed by atoms with Crippen LogP contribution in [-0.2, 0) is 15.3 Å². The lowest BCUT2D eigenvalue weighted by molar-refractivity contribution is 0.552. The largest absolute Gasteiger partial charge is 0.384 e. The predicted molar refractivity (Wildman–Crippen MR) is 81.2 cm³/mol. The number of aromatic nitrogens is 2. The molecule has 0 aliphatic rings. The molecular weight excluding hydrogens is 274 g/mol. The number of nitrogens with zero attached hydrogens (tertiary/aromatic N) is 1. The van der Waals surface area contributed by atoms with Gasteiger partial charge in [0.2, 0.25) is 0 Å². The fourth-order valence-corrected chi connectivity index (χ4v) is 3.84. The van der Waals surface area contributed by atoms with Gasteiger partial charge >= 0.3 is 0 Å². The summed E-state index contributed by atoms with van der Waals surface area (Å²) >= 11 is 0. The zero-order valence-electron chi connectivity index (χ0n) is 11.8. The molecule has 0 unspecified atom stereocenters. The average molecular weight is 293 g/mol. The van der Waals surface area contributed by atoms with Crippen LogP contribution in [0.4, 0.5) is 5.82 Å². The van der Waals surface area contributed by atoms with Gasteiger partial charge in [-0.2, -0.15) is 5.10 Å². The number of benzene rings is 1. The Hall–Kier alpha value is -1.82. The van der Waals surface area contributed by atoms with Gasteiger partial charge in [0.1, 0.15) is 15.7 Å². The molecule has 0 aliphatic heterocycles. The van der Waals surface area contributed by atoms with Crippen molar-refractivity contribution in [3.8, 4) is 11.1 Å². The minimum Gasteiger partial charge on any atom is -0.384 e. The molecule has 20 heavy (non-hydrogen) atoms. The number of anilines is 1. The first-order chi connectivity index (χ1) is 9.19. The molecule has 108 valence electrons. The van der Waals surface area contributed by atoms with Crippen molar-refractivity contribution in [1.29, 1.82) is 0 Å². The molecule has 1 aromatic carbocycles. The summed E-state index contributed by atoms with van der Waals surface area (Å²) in [4.78, 5) is 0. The molecule has 0 spiro atoms. The van der Waals surface area contributed by atoms with Crippen molar-refractivity contribution in [1.82, 2.24) is 10.2 Å². The van der Waals surface area contributed by atoms with Gasteiger partial charge in [-0.3, -0.25) is 5.10 Å². The molecule has 1 aromatic heterocycles. The first-order valence-electron chi connectivity index (χ1n) is 6.26. The minimum absolute atomic E-state index is 0.118. The fraction of sp³-hybridized carbons (Fsp3) is 0.357. The highest BCUT2D eigenvalue weighted by atomic mass is 32.2. The second-order valence-electron chi connectivity index (χ2n) is 5.73. The molecule has 2 rings (SSSR count). The van der Waals surface area contributed by atoms with Crippen LogP contribution in [0.2, 0.25) is 0 Å². The van der Waals surface area contributed by atoms with Crippen LogP contribution in [0.5, 0.6) is 0 Å². The van der Waals surface area contributed by atoms with E-state index in [0.29, 0.717) is 5.82 Å². The Morgan fingerprint density at radius 3 is 2.30 bits per heavy atom. The number of nitrogens with two attached hydrogens (primary N) is 1. The SMILES string of the molecule is CC(C)(CS(C)(=O)=O)c1ccc(-c2cn[nH]c2N)cc1. The summed E-state index contributed by atoms with van der Waals surface area (Å²) in [6.07, 6.45) is 2.93. The van der Waals surface area contributed by atoms with Crippen molar-refractivity contribution in [2.75, 3.05) is 17.7 Å². The maximum atomic E-state index is 11.5. The van der Waals surface area contributed by atoms with E-state index >= 15 is 0 Å². The third kappa shape index (κ3) is 3.19. The molecular formula is C14H19N3O2S.